The van der Waals surface area contributed by atoms with Gasteiger partial charge < -0.3 is 9.11 Å². The third kappa shape index (κ3) is 82.5. The molecule has 83 heavy (non-hydrogen) atoms. The van der Waals surface area contributed by atoms with Crippen molar-refractivity contribution in [1.29, 1.82) is 0 Å². The van der Waals surface area contributed by atoms with E-state index in [0.29, 0.717) is 0 Å². The molecule has 0 rings (SSSR count). The topological polar surface area (TPSA) is 133 Å². The van der Waals surface area contributed by atoms with Gasteiger partial charge in [-0.1, -0.05) is 399 Å². The fourth-order valence-corrected chi connectivity index (χ4v) is 12.2. The second-order valence-corrected chi connectivity index (χ2v) is 27.4. The van der Waals surface area contributed by atoms with E-state index in [2.05, 4.69) is 60.4 Å². The van der Waals surface area contributed by atoms with Crippen molar-refractivity contribution >= 4 is 58.5 Å². The van der Waals surface area contributed by atoms with Gasteiger partial charge in [0.15, 0.2) is 0 Å². The Hall–Kier alpha value is 0.480. The first-order valence-corrected chi connectivity index (χ1v) is 39.2. The maximum absolute atomic E-state index is 10.9. The number of hydrogen-bond acceptors (Lipinski definition) is 8. The van der Waals surface area contributed by atoms with Crippen molar-refractivity contribution < 1.29 is 34.3 Å². The second-order valence-electron chi connectivity index (χ2n) is 25.3. The molecule has 0 N–H and O–H groups in total. The molecule has 0 aromatic rings. The van der Waals surface area contributed by atoms with Crippen molar-refractivity contribution in [3.63, 3.8) is 0 Å². The number of hydrogen-bond donors (Lipinski definition) is 0. The van der Waals surface area contributed by atoms with Gasteiger partial charge in [-0.2, -0.15) is 0 Å². The van der Waals surface area contributed by atoms with Crippen LogP contribution in [0.2, 0.25) is 0 Å². The third-order valence-corrected chi connectivity index (χ3v) is 17.8. The number of rotatable bonds is 68. The van der Waals surface area contributed by atoms with Crippen LogP contribution >= 0.6 is 0 Å². The van der Waals surface area contributed by atoms with E-state index in [1.807, 2.05) is 0 Å². The molecule has 0 heterocycles. The molecule has 0 saturated heterocycles. The van der Waals surface area contributed by atoms with E-state index in [1.165, 1.54) is 347 Å². The summed E-state index contributed by atoms with van der Waals surface area (Å²) in [7, 11) is -9.24. The van der Waals surface area contributed by atoms with Crippen LogP contribution in [0.25, 0.3) is 0 Å². The Morgan fingerprint density at radius 3 is 0.590 bits per heavy atom. The molecule has 11 heteroatoms. The van der Waals surface area contributed by atoms with Gasteiger partial charge in [-0.15, -0.1) is 0 Å². The SMILES string of the molecule is CCCCCCCCCCCCCCCCCCCC/C=C/C(CCCCCCCCCCCC)COS(=O)(=O)[O-].CCCCCCCCCCCCCCCCCCCC/C=C/C(CCCCCCCCCCCC)COS(=O)(=O)[O-].[Ca+2]. The molecule has 0 fully saturated rings. The smallest absolute Gasteiger partial charge is 0.726 e. The minimum atomic E-state index is -4.62. The Labute approximate surface area is 550 Å². The van der Waals surface area contributed by atoms with Crippen LogP contribution in [0.5, 0.6) is 0 Å². The Balaban J connectivity index is -0.00000152. The van der Waals surface area contributed by atoms with Crippen LogP contribution in [0.15, 0.2) is 24.3 Å². The minimum absolute atomic E-state index is 0. The van der Waals surface area contributed by atoms with Crippen molar-refractivity contribution in [1.82, 2.24) is 0 Å². The zero-order valence-electron chi connectivity index (χ0n) is 56.1. The Kier molecular flexibility index (Phi) is 77.3. The fraction of sp³-hybridized carbons (Fsp3) is 0.944. The van der Waals surface area contributed by atoms with Gasteiger partial charge in [-0.25, -0.2) is 16.8 Å². The first-order valence-electron chi connectivity index (χ1n) is 36.5. The summed E-state index contributed by atoms with van der Waals surface area (Å²) in [4.78, 5) is 0. The van der Waals surface area contributed by atoms with E-state index >= 15 is 0 Å². The summed E-state index contributed by atoms with van der Waals surface area (Å²) >= 11 is 0. The molecule has 2 atom stereocenters. The van der Waals surface area contributed by atoms with E-state index in [9.17, 15) is 25.9 Å². The van der Waals surface area contributed by atoms with E-state index in [1.54, 1.807) is 0 Å². The zero-order valence-corrected chi connectivity index (χ0v) is 59.9. The van der Waals surface area contributed by atoms with Gasteiger partial charge in [0.05, 0.1) is 13.2 Å². The maximum Gasteiger partial charge on any atom is 2.00 e. The molecule has 0 spiro atoms. The van der Waals surface area contributed by atoms with Crippen LogP contribution in [-0.4, -0.2) is 76.9 Å². The van der Waals surface area contributed by atoms with Gasteiger partial charge in [0.1, 0.15) is 0 Å². The monoisotopic (exact) mass is 1240 g/mol. The molecule has 0 aliphatic heterocycles. The first-order chi connectivity index (χ1) is 40.0. The summed E-state index contributed by atoms with van der Waals surface area (Å²) in [6, 6.07) is 0. The van der Waals surface area contributed by atoms with Crippen molar-refractivity contribution in [2.24, 2.45) is 11.8 Å². The molecule has 0 aromatic carbocycles. The van der Waals surface area contributed by atoms with Crippen LogP contribution in [-0.2, 0) is 29.2 Å². The average Bonchev–Trinajstić information content (AvgIpc) is 3.45. The largest absolute Gasteiger partial charge is 2.00 e. The van der Waals surface area contributed by atoms with E-state index in [4.69, 9.17) is 0 Å². The molecule has 0 saturated carbocycles. The summed E-state index contributed by atoms with van der Waals surface area (Å²) in [5, 5.41) is 0. The van der Waals surface area contributed by atoms with E-state index in [-0.39, 0.29) is 62.8 Å². The summed E-state index contributed by atoms with van der Waals surface area (Å²) < 4.78 is 74.8. The Bertz CT molecular complexity index is 1380. The molecule has 492 valence electrons. The van der Waals surface area contributed by atoms with Crippen LogP contribution in [0, 0.1) is 11.8 Å². The van der Waals surface area contributed by atoms with Gasteiger partial charge in [-0.05, 0) is 38.5 Å². The van der Waals surface area contributed by atoms with Gasteiger partial charge >= 0.3 is 37.7 Å². The van der Waals surface area contributed by atoms with Crippen molar-refractivity contribution in [3.8, 4) is 0 Å². The zero-order chi connectivity index (χ0) is 60.2. The maximum atomic E-state index is 10.9. The number of unbranched alkanes of at least 4 members (excludes halogenated alkanes) is 54. The fourth-order valence-electron chi connectivity index (χ4n) is 11.5. The van der Waals surface area contributed by atoms with Gasteiger partial charge in [-0.3, -0.25) is 8.37 Å². The molecule has 0 radical (unpaired) electrons. The second kappa shape index (κ2) is 73.2. The summed E-state index contributed by atoms with van der Waals surface area (Å²) in [6.45, 7) is 9.05. The standard InChI is InChI=1S/2C36H72O4S.Ca/c2*1-3-5-7-9-11-13-15-16-17-18-19-20-21-22-23-24-26-28-30-32-34-36(35-40-41(37,38)39)33-31-29-27-25-14-12-10-8-6-4-2;/h2*32,34,36H,3-31,33,35H2,1-2H3,(H,37,38,39);/q;;+2/p-2/b2*34-32+;. The molecule has 2 unspecified atom stereocenters. The summed E-state index contributed by atoms with van der Waals surface area (Å²) in [6.07, 6.45) is 87.9. The van der Waals surface area contributed by atoms with Gasteiger partial charge in [0, 0.05) is 11.8 Å². The third-order valence-electron chi connectivity index (χ3n) is 17.0. The predicted molar refractivity (Wildman–Crippen MR) is 362 cm³/mol. The molecule has 0 aromatic heterocycles. The van der Waals surface area contributed by atoms with E-state index < -0.39 is 20.8 Å². The molecule has 0 amide bonds. The van der Waals surface area contributed by atoms with Crippen LogP contribution in [0.4, 0.5) is 0 Å². The molecule has 8 nitrogen and oxygen atoms in total. The molecule has 0 aliphatic carbocycles. The Morgan fingerprint density at radius 2 is 0.422 bits per heavy atom. The molecule has 0 bridgehead atoms. The molecular formula is C72H142CaO8S2. The predicted octanol–water partition coefficient (Wildman–Crippen LogP) is 24.4. The summed E-state index contributed by atoms with van der Waals surface area (Å²) in [5.74, 6) is 0.0339. The molecule has 0 aliphatic rings. The van der Waals surface area contributed by atoms with Crippen LogP contribution in [0.3, 0.4) is 0 Å². The number of allylic oxidation sites excluding steroid dienone is 2. The van der Waals surface area contributed by atoms with E-state index in [0.717, 1.165) is 38.5 Å². The van der Waals surface area contributed by atoms with Crippen molar-refractivity contribution in [2.75, 3.05) is 13.2 Å². The molecular weight excluding hydrogens is 1100 g/mol. The van der Waals surface area contributed by atoms with Gasteiger partial charge in [0.25, 0.3) is 0 Å². The van der Waals surface area contributed by atoms with Crippen LogP contribution in [0.1, 0.15) is 413 Å². The first kappa shape index (κ1) is 87.7. The summed E-state index contributed by atoms with van der Waals surface area (Å²) in [5.41, 5.74) is 0. The minimum Gasteiger partial charge on any atom is -0.726 e. The van der Waals surface area contributed by atoms with Gasteiger partial charge in [0.2, 0.25) is 20.8 Å². The average molecular weight is 1240 g/mol. The Morgan fingerprint density at radius 1 is 0.265 bits per heavy atom. The van der Waals surface area contributed by atoms with Crippen molar-refractivity contribution in [2.45, 2.75) is 413 Å². The van der Waals surface area contributed by atoms with Crippen LogP contribution < -0.4 is 0 Å². The normalized spacial score (nSPS) is 12.8. The quantitative estimate of drug-likeness (QED) is 0.0193. The van der Waals surface area contributed by atoms with Crippen molar-refractivity contribution in [3.05, 3.63) is 24.3 Å².